The van der Waals surface area contributed by atoms with Gasteiger partial charge in [0, 0.05) is 18.1 Å². The van der Waals surface area contributed by atoms with Gasteiger partial charge < -0.3 is 4.90 Å². The number of hydrogen-bond acceptors (Lipinski definition) is 1. The highest BCUT2D eigenvalue weighted by molar-refractivity contribution is 6.30. The smallest absolute Gasteiger partial charge is 0.0406 e. The first kappa shape index (κ1) is 11.0. The monoisotopic (exact) mass is 223 g/mol. The van der Waals surface area contributed by atoms with Gasteiger partial charge in [0.1, 0.15) is 0 Å². The standard InChI is InChI=1S/C13H18ClN/c1-10-7-12(10)9-15(2)8-11-3-5-13(14)6-4-11/h3-6,10,12H,7-9H2,1-2H3. The molecule has 2 heteroatoms. The Morgan fingerprint density at radius 2 is 1.93 bits per heavy atom. The number of halogens is 1. The molecule has 1 saturated carbocycles. The van der Waals surface area contributed by atoms with E-state index in [1.165, 1.54) is 18.5 Å². The van der Waals surface area contributed by atoms with Crippen molar-refractivity contribution >= 4 is 11.6 Å². The maximum absolute atomic E-state index is 5.85. The van der Waals surface area contributed by atoms with Crippen molar-refractivity contribution < 1.29 is 0 Å². The molecule has 1 aromatic rings. The molecule has 2 atom stereocenters. The van der Waals surface area contributed by atoms with Crippen molar-refractivity contribution in [1.82, 2.24) is 4.90 Å². The fraction of sp³-hybridized carbons (Fsp3) is 0.538. The van der Waals surface area contributed by atoms with E-state index >= 15 is 0 Å². The van der Waals surface area contributed by atoms with Crippen LogP contribution in [0.15, 0.2) is 24.3 Å². The van der Waals surface area contributed by atoms with Crippen molar-refractivity contribution in [2.75, 3.05) is 13.6 Å². The minimum absolute atomic E-state index is 0.817. The van der Waals surface area contributed by atoms with Crippen molar-refractivity contribution in [2.45, 2.75) is 19.9 Å². The van der Waals surface area contributed by atoms with E-state index in [4.69, 9.17) is 11.6 Å². The van der Waals surface area contributed by atoms with Crippen LogP contribution in [0.3, 0.4) is 0 Å². The molecule has 15 heavy (non-hydrogen) atoms. The molecule has 0 N–H and O–H groups in total. The quantitative estimate of drug-likeness (QED) is 0.756. The molecule has 0 aromatic heterocycles. The van der Waals surface area contributed by atoms with Crippen molar-refractivity contribution in [1.29, 1.82) is 0 Å². The van der Waals surface area contributed by atoms with E-state index in [-0.39, 0.29) is 0 Å². The highest BCUT2D eigenvalue weighted by Crippen LogP contribution is 2.38. The summed E-state index contributed by atoms with van der Waals surface area (Å²) < 4.78 is 0. The maximum atomic E-state index is 5.85. The third-order valence-electron chi connectivity index (χ3n) is 3.19. The van der Waals surface area contributed by atoms with Gasteiger partial charge in [-0.1, -0.05) is 30.7 Å². The molecule has 1 fully saturated rings. The van der Waals surface area contributed by atoms with Crippen LogP contribution in [-0.4, -0.2) is 18.5 Å². The van der Waals surface area contributed by atoms with Crippen molar-refractivity contribution in [3.63, 3.8) is 0 Å². The van der Waals surface area contributed by atoms with Crippen LogP contribution in [0, 0.1) is 11.8 Å². The SMILES string of the molecule is CC1CC1CN(C)Cc1ccc(Cl)cc1. The summed E-state index contributed by atoms with van der Waals surface area (Å²) in [7, 11) is 2.19. The topological polar surface area (TPSA) is 3.24 Å². The fourth-order valence-electron chi connectivity index (χ4n) is 2.02. The van der Waals surface area contributed by atoms with Crippen LogP contribution in [0.1, 0.15) is 18.9 Å². The summed E-state index contributed by atoms with van der Waals surface area (Å²) in [4.78, 5) is 2.40. The Kier molecular flexibility index (Phi) is 3.32. The number of benzene rings is 1. The summed E-state index contributed by atoms with van der Waals surface area (Å²) >= 11 is 5.85. The second-order valence-electron chi connectivity index (χ2n) is 4.80. The first-order chi connectivity index (χ1) is 7.15. The third kappa shape index (κ3) is 3.22. The van der Waals surface area contributed by atoms with Crippen LogP contribution in [-0.2, 0) is 6.54 Å². The Bertz CT molecular complexity index is 320. The molecule has 0 radical (unpaired) electrons. The molecule has 1 aliphatic rings. The number of rotatable bonds is 4. The molecule has 0 spiro atoms. The van der Waals surface area contributed by atoms with Gasteiger partial charge in [0.05, 0.1) is 0 Å². The minimum Gasteiger partial charge on any atom is -0.302 e. The van der Waals surface area contributed by atoms with Crippen LogP contribution < -0.4 is 0 Å². The van der Waals surface area contributed by atoms with Gasteiger partial charge in [-0.2, -0.15) is 0 Å². The summed E-state index contributed by atoms with van der Waals surface area (Å²) in [6.45, 7) is 4.59. The average Bonchev–Trinajstić information content (AvgIpc) is 2.86. The lowest BCUT2D eigenvalue weighted by molar-refractivity contribution is 0.307. The molecule has 0 amide bonds. The van der Waals surface area contributed by atoms with Gasteiger partial charge in [-0.15, -0.1) is 0 Å². The van der Waals surface area contributed by atoms with E-state index in [0.717, 1.165) is 23.4 Å². The van der Waals surface area contributed by atoms with Crippen LogP contribution in [0.25, 0.3) is 0 Å². The van der Waals surface area contributed by atoms with Crippen molar-refractivity contribution in [3.8, 4) is 0 Å². The second-order valence-corrected chi connectivity index (χ2v) is 5.23. The lowest BCUT2D eigenvalue weighted by atomic mass is 10.2. The van der Waals surface area contributed by atoms with E-state index in [2.05, 4.69) is 31.0 Å². The van der Waals surface area contributed by atoms with Gasteiger partial charge in [-0.25, -0.2) is 0 Å². The molecular formula is C13H18ClN. The molecule has 0 aliphatic heterocycles. The molecule has 0 heterocycles. The zero-order valence-electron chi connectivity index (χ0n) is 9.41. The zero-order chi connectivity index (χ0) is 10.8. The molecule has 0 bridgehead atoms. The van der Waals surface area contributed by atoms with Crippen LogP contribution >= 0.6 is 11.6 Å². The summed E-state index contributed by atoms with van der Waals surface area (Å²) in [5, 5.41) is 0.817. The molecule has 1 nitrogen and oxygen atoms in total. The van der Waals surface area contributed by atoms with Crippen molar-refractivity contribution in [2.24, 2.45) is 11.8 Å². The first-order valence-corrected chi connectivity index (χ1v) is 5.96. The Hall–Kier alpha value is -0.530. The molecule has 2 rings (SSSR count). The third-order valence-corrected chi connectivity index (χ3v) is 3.44. The lowest BCUT2D eigenvalue weighted by Crippen LogP contribution is -2.20. The van der Waals surface area contributed by atoms with E-state index in [1.807, 2.05) is 12.1 Å². The normalized spacial score (nSPS) is 24.5. The van der Waals surface area contributed by atoms with Crippen molar-refractivity contribution in [3.05, 3.63) is 34.9 Å². The molecule has 1 aromatic carbocycles. The van der Waals surface area contributed by atoms with Gasteiger partial charge in [-0.05, 0) is 43.0 Å². The maximum Gasteiger partial charge on any atom is 0.0406 e. The Labute approximate surface area is 97.0 Å². The predicted molar refractivity (Wildman–Crippen MR) is 65.1 cm³/mol. The summed E-state index contributed by atoms with van der Waals surface area (Å²) in [5.74, 6) is 1.87. The van der Waals surface area contributed by atoms with E-state index in [9.17, 15) is 0 Å². The molecule has 0 saturated heterocycles. The lowest BCUT2D eigenvalue weighted by Gasteiger charge is -2.16. The minimum atomic E-state index is 0.817. The van der Waals surface area contributed by atoms with Gasteiger partial charge in [0.25, 0.3) is 0 Å². The van der Waals surface area contributed by atoms with Crippen LogP contribution in [0.4, 0.5) is 0 Å². The predicted octanol–water partition coefficient (Wildman–Crippen LogP) is 3.43. The highest BCUT2D eigenvalue weighted by atomic mass is 35.5. The summed E-state index contributed by atoms with van der Waals surface area (Å²) in [6.07, 6.45) is 1.41. The van der Waals surface area contributed by atoms with Gasteiger partial charge in [0.2, 0.25) is 0 Å². The average molecular weight is 224 g/mol. The van der Waals surface area contributed by atoms with E-state index in [0.29, 0.717) is 0 Å². The summed E-state index contributed by atoms with van der Waals surface area (Å²) in [5.41, 5.74) is 1.34. The largest absolute Gasteiger partial charge is 0.302 e. The van der Waals surface area contributed by atoms with Gasteiger partial charge >= 0.3 is 0 Å². The fourth-order valence-corrected chi connectivity index (χ4v) is 2.15. The van der Waals surface area contributed by atoms with Gasteiger partial charge in [0.15, 0.2) is 0 Å². The molecule has 1 aliphatic carbocycles. The Morgan fingerprint density at radius 1 is 1.33 bits per heavy atom. The van der Waals surface area contributed by atoms with Crippen LogP contribution in [0.5, 0.6) is 0 Å². The number of nitrogens with zero attached hydrogens (tertiary/aromatic N) is 1. The molecule has 82 valence electrons. The Morgan fingerprint density at radius 3 is 2.47 bits per heavy atom. The zero-order valence-corrected chi connectivity index (χ0v) is 10.2. The molecular weight excluding hydrogens is 206 g/mol. The van der Waals surface area contributed by atoms with E-state index in [1.54, 1.807) is 0 Å². The number of hydrogen-bond donors (Lipinski definition) is 0. The van der Waals surface area contributed by atoms with E-state index < -0.39 is 0 Å². The first-order valence-electron chi connectivity index (χ1n) is 5.58. The second kappa shape index (κ2) is 4.54. The highest BCUT2D eigenvalue weighted by Gasteiger charge is 2.32. The molecule has 2 unspecified atom stereocenters. The van der Waals surface area contributed by atoms with Gasteiger partial charge in [-0.3, -0.25) is 0 Å². The van der Waals surface area contributed by atoms with Crippen LogP contribution in [0.2, 0.25) is 5.02 Å². The summed E-state index contributed by atoms with van der Waals surface area (Å²) in [6, 6.07) is 8.14. The Balaban J connectivity index is 1.82.